The molecule has 2 heterocycles. The third-order valence-electron chi connectivity index (χ3n) is 2.82. The number of nitrogens with one attached hydrogen (secondary N) is 1. The van der Waals surface area contributed by atoms with Gasteiger partial charge in [-0.05, 0) is 45.4 Å². The fourth-order valence-electron chi connectivity index (χ4n) is 2.00. The Labute approximate surface area is 122 Å². The molecule has 104 valence electrons. The third-order valence-corrected chi connectivity index (χ3v) is 3.61. The molecule has 20 heavy (non-hydrogen) atoms. The lowest BCUT2D eigenvalue weighted by molar-refractivity contribution is -0.111. The number of thiazole rings is 1. The number of carbonyl (C=O) groups excluding carboxylic acids is 1. The first kappa shape index (κ1) is 14.4. The number of amides is 1. The molecule has 1 amide bonds. The highest BCUT2D eigenvalue weighted by atomic mass is 32.1. The van der Waals surface area contributed by atoms with Gasteiger partial charge in [-0.3, -0.25) is 9.78 Å². The molecule has 0 saturated heterocycles. The highest BCUT2D eigenvalue weighted by Crippen LogP contribution is 2.19. The summed E-state index contributed by atoms with van der Waals surface area (Å²) in [6.07, 6.45) is 3.21. The van der Waals surface area contributed by atoms with Crippen molar-refractivity contribution in [1.82, 2.24) is 9.97 Å². The van der Waals surface area contributed by atoms with E-state index in [1.165, 1.54) is 6.08 Å². The molecule has 2 aromatic rings. The van der Waals surface area contributed by atoms with Crippen LogP contribution in [0.3, 0.4) is 0 Å². The number of pyridine rings is 1. The average Bonchev–Trinajstić information content (AvgIpc) is 2.77. The van der Waals surface area contributed by atoms with Crippen LogP contribution in [0.25, 0.3) is 6.08 Å². The molecule has 0 saturated carbocycles. The van der Waals surface area contributed by atoms with Crippen LogP contribution in [0.4, 0.5) is 5.69 Å². The van der Waals surface area contributed by atoms with Crippen LogP contribution in [0, 0.1) is 27.7 Å². The summed E-state index contributed by atoms with van der Waals surface area (Å²) >= 11 is 1.56. The topological polar surface area (TPSA) is 54.9 Å². The molecule has 2 rings (SSSR count). The molecule has 0 aromatic carbocycles. The molecule has 0 fully saturated rings. The Bertz CT molecular complexity index is 651. The molecule has 0 aliphatic carbocycles. The van der Waals surface area contributed by atoms with Crippen LogP contribution >= 0.6 is 11.3 Å². The molecule has 0 unspecified atom stereocenters. The number of aryl methyl sites for hydroxylation is 4. The first-order valence-corrected chi connectivity index (χ1v) is 7.19. The predicted molar refractivity (Wildman–Crippen MR) is 83.0 cm³/mol. The van der Waals surface area contributed by atoms with Crippen molar-refractivity contribution in [2.24, 2.45) is 0 Å². The van der Waals surface area contributed by atoms with E-state index in [2.05, 4.69) is 15.3 Å². The zero-order valence-electron chi connectivity index (χ0n) is 12.0. The highest BCUT2D eigenvalue weighted by Gasteiger charge is 2.07. The van der Waals surface area contributed by atoms with E-state index in [1.54, 1.807) is 17.4 Å². The fourth-order valence-corrected chi connectivity index (χ4v) is 2.58. The number of hydrogen-bond acceptors (Lipinski definition) is 4. The van der Waals surface area contributed by atoms with Gasteiger partial charge in [-0.2, -0.15) is 0 Å². The monoisotopic (exact) mass is 287 g/mol. The number of rotatable bonds is 3. The van der Waals surface area contributed by atoms with Crippen LogP contribution in [-0.4, -0.2) is 15.9 Å². The van der Waals surface area contributed by atoms with Gasteiger partial charge in [0, 0.05) is 17.2 Å². The van der Waals surface area contributed by atoms with E-state index in [1.807, 2.05) is 39.1 Å². The van der Waals surface area contributed by atoms with Crippen molar-refractivity contribution in [2.75, 3.05) is 5.32 Å². The van der Waals surface area contributed by atoms with Crippen molar-refractivity contribution in [2.45, 2.75) is 27.7 Å². The zero-order chi connectivity index (χ0) is 14.7. The van der Waals surface area contributed by atoms with Crippen LogP contribution in [0.2, 0.25) is 0 Å². The summed E-state index contributed by atoms with van der Waals surface area (Å²) < 4.78 is 0. The summed E-state index contributed by atoms with van der Waals surface area (Å²) in [6, 6.07) is 1.95. The summed E-state index contributed by atoms with van der Waals surface area (Å²) in [5.74, 6) is -0.174. The molecule has 0 bridgehead atoms. The Balaban J connectivity index is 2.10. The second-order valence-electron chi connectivity index (χ2n) is 4.65. The smallest absolute Gasteiger partial charge is 0.248 e. The molecule has 0 radical (unpaired) electrons. The van der Waals surface area contributed by atoms with Gasteiger partial charge in [0.25, 0.3) is 0 Å². The van der Waals surface area contributed by atoms with Crippen LogP contribution in [0.5, 0.6) is 0 Å². The molecule has 5 heteroatoms. The van der Waals surface area contributed by atoms with Crippen LogP contribution in [-0.2, 0) is 4.79 Å². The minimum atomic E-state index is -0.174. The van der Waals surface area contributed by atoms with E-state index in [0.717, 1.165) is 33.3 Å². The van der Waals surface area contributed by atoms with Gasteiger partial charge in [0.1, 0.15) is 0 Å². The maximum Gasteiger partial charge on any atom is 0.248 e. The summed E-state index contributed by atoms with van der Waals surface area (Å²) in [4.78, 5) is 20.6. The van der Waals surface area contributed by atoms with E-state index in [0.29, 0.717) is 0 Å². The largest absolute Gasteiger partial charge is 0.321 e. The minimum Gasteiger partial charge on any atom is -0.321 e. The van der Waals surface area contributed by atoms with Crippen LogP contribution in [0.1, 0.15) is 27.7 Å². The molecule has 0 atom stereocenters. The van der Waals surface area contributed by atoms with E-state index in [9.17, 15) is 4.79 Å². The number of nitrogens with zero attached hydrogens (tertiary/aromatic N) is 2. The van der Waals surface area contributed by atoms with Crippen molar-refractivity contribution in [3.63, 3.8) is 0 Å². The number of hydrogen-bond donors (Lipinski definition) is 1. The third kappa shape index (κ3) is 3.51. The van der Waals surface area contributed by atoms with Gasteiger partial charge in [-0.15, -0.1) is 11.3 Å². The molecule has 0 spiro atoms. The first-order chi connectivity index (χ1) is 9.45. The van der Waals surface area contributed by atoms with Gasteiger partial charge in [0.15, 0.2) is 0 Å². The molecule has 2 aromatic heterocycles. The number of anilines is 1. The van der Waals surface area contributed by atoms with Crippen molar-refractivity contribution >= 4 is 29.0 Å². The Kier molecular flexibility index (Phi) is 4.29. The quantitative estimate of drug-likeness (QED) is 0.880. The summed E-state index contributed by atoms with van der Waals surface area (Å²) in [5.41, 5.74) is 4.37. The van der Waals surface area contributed by atoms with Gasteiger partial charge < -0.3 is 5.32 Å². The van der Waals surface area contributed by atoms with Crippen molar-refractivity contribution in [3.8, 4) is 0 Å². The van der Waals surface area contributed by atoms with E-state index in [4.69, 9.17) is 0 Å². The SMILES string of the molecule is Cc1cc(C)c(NC(=O)/C=C/c2csc(C)n2)c(C)n1. The zero-order valence-corrected chi connectivity index (χ0v) is 12.8. The van der Waals surface area contributed by atoms with Gasteiger partial charge in [0.05, 0.1) is 22.1 Å². The summed E-state index contributed by atoms with van der Waals surface area (Å²) in [7, 11) is 0. The molecule has 4 nitrogen and oxygen atoms in total. The fraction of sp³-hybridized carbons (Fsp3) is 0.267. The maximum atomic E-state index is 11.9. The van der Waals surface area contributed by atoms with Crippen LogP contribution in [0.15, 0.2) is 17.5 Å². The Morgan fingerprint density at radius 2 is 2.00 bits per heavy atom. The Morgan fingerprint density at radius 1 is 1.25 bits per heavy atom. The second kappa shape index (κ2) is 5.96. The lowest BCUT2D eigenvalue weighted by atomic mass is 10.1. The van der Waals surface area contributed by atoms with Gasteiger partial charge in [-0.1, -0.05) is 0 Å². The summed E-state index contributed by atoms with van der Waals surface area (Å²) in [6.45, 7) is 7.73. The van der Waals surface area contributed by atoms with E-state index < -0.39 is 0 Å². The Hall–Kier alpha value is -2.01. The van der Waals surface area contributed by atoms with Crippen molar-refractivity contribution in [3.05, 3.63) is 45.2 Å². The Morgan fingerprint density at radius 3 is 2.60 bits per heavy atom. The molecule has 0 aliphatic rings. The minimum absolute atomic E-state index is 0.174. The molecule has 0 aliphatic heterocycles. The summed E-state index contributed by atoms with van der Waals surface area (Å²) in [5, 5.41) is 5.78. The highest BCUT2D eigenvalue weighted by molar-refractivity contribution is 7.09. The van der Waals surface area contributed by atoms with E-state index in [-0.39, 0.29) is 5.91 Å². The van der Waals surface area contributed by atoms with E-state index >= 15 is 0 Å². The molecular weight excluding hydrogens is 270 g/mol. The number of aromatic nitrogens is 2. The van der Waals surface area contributed by atoms with Gasteiger partial charge in [0.2, 0.25) is 5.91 Å². The maximum absolute atomic E-state index is 11.9. The molecule has 1 N–H and O–H groups in total. The normalized spacial score (nSPS) is 11.0. The van der Waals surface area contributed by atoms with Gasteiger partial charge in [-0.25, -0.2) is 4.98 Å². The first-order valence-electron chi connectivity index (χ1n) is 6.32. The number of carbonyl (C=O) groups is 1. The lowest BCUT2D eigenvalue weighted by Gasteiger charge is -2.10. The van der Waals surface area contributed by atoms with Gasteiger partial charge >= 0.3 is 0 Å². The second-order valence-corrected chi connectivity index (χ2v) is 5.72. The average molecular weight is 287 g/mol. The van der Waals surface area contributed by atoms with Crippen LogP contribution < -0.4 is 5.32 Å². The van der Waals surface area contributed by atoms with Crippen molar-refractivity contribution in [1.29, 1.82) is 0 Å². The molecular formula is C15H17N3OS. The lowest BCUT2D eigenvalue weighted by Crippen LogP contribution is -2.11. The standard InChI is InChI=1S/C15H17N3OS/c1-9-7-10(2)16-11(3)15(9)18-14(19)6-5-13-8-20-12(4)17-13/h5-8H,1-4H3,(H,18,19)/b6-5+. The predicted octanol–water partition coefficient (Wildman–Crippen LogP) is 3.42. The van der Waals surface area contributed by atoms with Crippen molar-refractivity contribution < 1.29 is 4.79 Å².